The summed E-state index contributed by atoms with van der Waals surface area (Å²) >= 11 is 0. The predicted molar refractivity (Wildman–Crippen MR) is 415 cm³/mol. The van der Waals surface area contributed by atoms with E-state index in [-0.39, 0.29) is 6.61 Å². The molecule has 2 aromatic rings. The number of hydrogen-bond donors (Lipinski definition) is 0. The maximum atomic E-state index is 14.1. The van der Waals surface area contributed by atoms with Crippen LogP contribution in [0.4, 0.5) is 0 Å². The van der Waals surface area contributed by atoms with Crippen LogP contribution in [0.1, 0.15) is 175 Å². The zero-order valence-electron chi connectivity index (χ0n) is 73.4. The van der Waals surface area contributed by atoms with E-state index in [1.807, 2.05) is 41.2 Å². The van der Waals surface area contributed by atoms with Crippen LogP contribution in [0.2, 0.25) is 0 Å². The van der Waals surface area contributed by atoms with Crippen molar-refractivity contribution >= 4 is 95.5 Å². The van der Waals surface area contributed by atoms with Crippen LogP contribution in [0.15, 0.2) is 36.5 Å². The lowest BCUT2D eigenvalue weighted by Crippen LogP contribution is -2.70. The molecule has 1 aromatic carbocycles. The number of rotatable bonds is 44. The van der Waals surface area contributed by atoms with E-state index in [0.717, 1.165) is 180 Å². The Hall–Kier alpha value is -10.5. The van der Waals surface area contributed by atoms with Gasteiger partial charge in [-0.2, -0.15) is 0 Å². The van der Waals surface area contributed by atoms with Crippen LogP contribution in [-0.4, -0.2) is 304 Å². The fraction of sp³-hybridized carbons (Fsp3) is 0.707. The molecule has 7 rings (SSSR count). The molecule has 708 valence electrons. The lowest BCUT2D eigenvalue weighted by Gasteiger charge is -2.51. The standard InChI is InChI=1S/C82H113N3O42/c1-40(86)103-35-58-63(108-45(6)91)68(113-50(11)96)73(78(119-58)102-33-29-24-22-20-18-17-19-21-23-28-32-85-34-57(83-84-85)56-30-26-25-27-31-56)127-82-77(118-55(16)101)72(67(112-49(10)95)62(123-82)39-107-44(5)90)126-81-76(117-54(15)100)71(66(111-48(9)94)61(122-81)38-106-43(4)89)125-80-75(116-53(14)99)70(65(110-47(8)93)60(121-80)37-105-42(3)88)124-79-74(115-52(13)98)69(114-51(12)97)64(109-46(7)92)59(120-79)36-104-41(2)87/h25-27,30-31,34,58-82H,17-24,28-29,32-33,35-39H2,1-16H3/t58-,59-,60-,61-,62-,63-,64-,65-,66-,67-,68+,69+,70+,71+,72+,73+,74+,75+,76+,77+,78+,79-,80-,81-,82-/m1/s1. The highest BCUT2D eigenvalue weighted by Gasteiger charge is 2.64. The van der Waals surface area contributed by atoms with Gasteiger partial charge in [-0.1, -0.05) is 86.9 Å². The number of benzene rings is 1. The fourth-order valence-electron chi connectivity index (χ4n) is 14.6. The van der Waals surface area contributed by atoms with Crippen molar-refractivity contribution in [1.29, 1.82) is 0 Å². The van der Waals surface area contributed by atoms with E-state index < -0.39 is 282 Å². The first kappa shape index (κ1) is 104. The van der Waals surface area contributed by atoms with Crippen molar-refractivity contribution < 1.29 is 200 Å². The summed E-state index contributed by atoms with van der Waals surface area (Å²) in [6.45, 7) is 11.1. The Balaban J connectivity index is 1.33. The monoisotopic (exact) mass is 1810 g/mol. The Bertz CT molecular complexity index is 4050. The van der Waals surface area contributed by atoms with Crippen molar-refractivity contribution in [3.05, 3.63) is 36.5 Å². The first-order valence-electron chi connectivity index (χ1n) is 41.2. The minimum atomic E-state index is -2.45. The van der Waals surface area contributed by atoms with Gasteiger partial charge in [0.2, 0.25) is 0 Å². The number of nitrogens with zero attached hydrogens (tertiary/aromatic N) is 3. The average molecular weight is 1810 g/mol. The van der Waals surface area contributed by atoms with Gasteiger partial charge in [0.15, 0.2) is 105 Å². The second kappa shape index (κ2) is 50.9. The third-order valence-electron chi connectivity index (χ3n) is 19.4. The van der Waals surface area contributed by atoms with Gasteiger partial charge in [0.1, 0.15) is 87.6 Å². The van der Waals surface area contributed by atoms with Gasteiger partial charge >= 0.3 is 95.5 Å². The van der Waals surface area contributed by atoms with Gasteiger partial charge in [-0.25, -0.2) is 0 Å². The number of carbonyl (C=O) groups excluding carboxylic acids is 16. The van der Waals surface area contributed by atoms with Crippen molar-refractivity contribution in [2.24, 2.45) is 0 Å². The molecule has 45 heteroatoms. The molecule has 5 fully saturated rings. The Morgan fingerprint density at radius 3 is 0.795 bits per heavy atom. The first-order chi connectivity index (χ1) is 60.2. The number of ether oxygens (including phenoxy) is 26. The van der Waals surface area contributed by atoms with Gasteiger partial charge in [0.05, 0.1) is 6.20 Å². The van der Waals surface area contributed by atoms with Crippen LogP contribution in [0.5, 0.6) is 0 Å². The molecule has 0 radical (unpaired) electrons. The summed E-state index contributed by atoms with van der Waals surface area (Å²) in [5.41, 5.74) is 1.78. The van der Waals surface area contributed by atoms with Gasteiger partial charge in [0, 0.05) is 129 Å². The zero-order valence-corrected chi connectivity index (χ0v) is 73.4. The highest BCUT2D eigenvalue weighted by atomic mass is 16.8. The largest absolute Gasteiger partial charge is 0.463 e. The molecule has 0 bridgehead atoms. The van der Waals surface area contributed by atoms with Crippen LogP contribution >= 0.6 is 0 Å². The first-order valence-corrected chi connectivity index (χ1v) is 41.2. The lowest BCUT2D eigenvalue weighted by atomic mass is 9.94. The molecule has 5 saturated heterocycles. The normalized spacial score (nSPS) is 29.1. The number of unbranched alkanes of at least 4 members (excludes halogenated alkanes) is 9. The zero-order chi connectivity index (χ0) is 93.5. The molecular weight excluding hydrogens is 1700 g/mol. The molecule has 5 aliphatic rings. The van der Waals surface area contributed by atoms with E-state index >= 15 is 0 Å². The topological polar surface area (TPSA) is 544 Å². The van der Waals surface area contributed by atoms with Crippen molar-refractivity contribution in [1.82, 2.24) is 15.0 Å². The van der Waals surface area contributed by atoms with Crippen LogP contribution in [-0.2, 0) is 206 Å². The Labute approximate surface area is 730 Å². The number of aromatic nitrogens is 3. The third-order valence-corrected chi connectivity index (χ3v) is 19.4. The third kappa shape index (κ3) is 33.3. The van der Waals surface area contributed by atoms with Gasteiger partial charge in [-0.3, -0.25) is 81.4 Å². The van der Waals surface area contributed by atoms with Crippen molar-refractivity contribution in [3.8, 4) is 11.3 Å². The summed E-state index contributed by atoms with van der Waals surface area (Å²) in [5.74, 6) is -17.3. The molecule has 127 heavy (non-hydrogen) atoms. The molecule has 25 atom stereocenters. The van der Waals surface area contributed by atoms with E-state index in [1.165, 1.54) is 0 Å². The smallest absolute Gasteiger partial charge is 0.303 e. The molecule has 5 aliphatic heterocycles. The quantitative estimate of drug-likeness (QED) is 0.0522. The Kier molecular flexibility index (Phi) is 41.5. The fourth-order valence-corrected chi connectivity index (χ4v) is 14.6. The minimum Gasteiger partial charge on any atom is -0.463 e. The number of hydrogen-bond acceptors (Lipinski definition) is 44. The SMILES string of the molecule is CC(=O)OC[C@H]1O[C@H](O[C@@H]2[C@H](OC(C)=O)[C@@H](O[C@@H]3[C@H](OC(C)=O)[C@@H](O[C@@H]4[C@H](OC(C)=O)[C@@H](O[C@@H]5[C@@H](OCCCCCCCCCCCCn6cc(-c7ccccc7)nn6)O[C@H](COC(C)=O)[C@@H](OC(C)=O)[C@@H]5OC(C)=O)O[C@H](COC(C)=O)[C@H]4OC(C)=O)O[C@H](COC(C)=O)[C@H]3OC(C)=O)O[C@H](COC(C)=O)[C@H]2OC(C)=O)[C@@H](OC(C)=O)[C@@H](OC(C)=O)[C@@H]1OC(C)=O. The molecule has 0 spiro atoms. The highest BCUT2D eigenvalue weighted by Crippen LogP contribution is 2.42. The number of esters is 16. The summed E-state index contributed by atoms with van der Waals surface area (Å²) in [7, 11) is 0. The van der Waals surface area contributed by atoms with Gasteiger partial charge in [-0.15, -0.1) is 5.10 Å². The Morgan fingerprint density at radius 2 is 0.504 bits per heavy atom. The summed E-state index contributed by atoms with van der Waals surface area (Å²) in [4.78, 5) is 212. The van der Waals surface area contributed by atoms with Crippen molar-refractivity contribution in [2.45, 2.75) is 335 Å². The maximum Gasteiger partial charge on any atom is 0.303 e. The van der Waals surface area contributed by atoms with E-state index in [4.69, 9.17) is 123 Å². The highest BCUT2D eigenvalue weighted by molar-refractivity contribution is 5.72. The molecule has 0 N–H and O–H groups in total. The van der Waals surface area contributed by atoms with E-state index in [1.54, 1.807) is 0 Å². The summed E-state index contributed by atoms with van der Waals surface area (Å²) in [6, 6.07) is 9.76. The lowest BCUT2D eigenvalue weighted by molar-refractivity contribution is -0.397. The van der Waals surface area contributed by atoms with Gasteiger partial charge < -0.3 is 123 Å². The van der Waals surface area contributed by atoms with Crippen LogP contribution in [0.3, 0.4) is 0 Å². The van der Waals surface area contributed by atoms with Crippen molar-refractivity contribution in [3.63, 3.8) is 0 Å². The van der Waals surface area contributed by atoms with E-state index in [0.29, 0.717) is 12.8 Å². The van der Waals surface area contributed by atoms with Crippen molar-refractivity contribution in [2.75, 3.05) is 39.6 Å². The van der Waals surface area contributed by atoms with Crippen LogP contribution in [0, 0.1) is 0 Å². The molecule has 0 saturated carbocycles. The molecule has 0 amide bonds. The van der Waals surface area contributed by atoms with E-state index in [9.17, 15) is 76.7 Å². The average Bonchev–Trinajstić information content (AvgIpc) is 0.935. The summed E-state index contributed by atoms with van der Waals surface area (Å²) < 4.78 is 159. The van der Waals surface area contributed by atoms with Crippen LogP contribution < -0.4 is 0 Å². The van der Waals surface area contributed by atoms with Crippen LogP contribution in [0.25, 0.3) is 11.3 Å². The molecule has 1 aromatic heterocycles. The maximum absolute atomic E-state index is 14.1. The molecule has 0 unspecified atom stereocenters. The molecule has 6 heterocycles. The van der Waals surface area contributed by atoms with Gasteiger partial charge in [0.25, 0.3) is 0 Å². The van der Waals surface area contributed by atoms with E-state index in [2.05, 4.69) is 10.3 Å². The number of aryl methyl sites for hydroxylation is 1. The summed E-state index contributed by atoms with van der Waals surface area (Å²) in [6.07, 6.45) is -41.5. The second-order valence-electron chi connectivity index (χ2n) is 30.1. The molecular formula is C82H113N3O42. The predicted octanol–water partition coefficient (Wildman–Crippen LogP) is 3.09. The molecule has 0 aliphatic carbocycles. The summed E-state index contributed by atoms with van der Waals surface area (Å²) in [5, 5.41) is 8.57. The number of carbonyl (C=O) groups is 16. The Morgan fingerprint density at radius 1 is 0.268 bits per heavy atom. The second-order valence-corrected chi connectivity index (χ2v) is 30.1. The minimum absolute atomic E-state index is 0.130. The van der Waals surface area contributed by atoms with Gasteiger partial charge in [-0.05, 0) is 12.8 Å². The molecule has 45 nitrogen and oxygen atoms in total.